The molecule has 138 valence electrons. The molecule has 1 aromatic heterocycles. The number of rotatable bonds is 2. The molecule has 1 heterocycles. The molecule has 5 rings (SSSR count). The zero-order chi connectivity index (χ0) is 18.1. The fourth-order valence-electron chi connectivity index (χ4n) is 6.52. The molecule has 1 N–H and O–H groups in total. The number of aryl methyl sites for hydroxylation is 1. The lowest BCUT2D eigenvalue weighted by atomic mass is 9.55. The minimum Gasteiger partial charge on any atom is -0.508 e. The number of aromatic hydroxyl groups is 1. The summed E-state index contributed by atoms with van der Waals surface area (Å²) in [5, 5.41) is 14.6. The highest BCUT2D eigenvalue weighted by Gasteiger charge is 2.54. The molecule has 0 spiro atoms. The predicted molar refractivity (Wildman–Crippen MR) is 104 cm³/mol. The number of hydrogen-bond donors (Lipinski definition) is 1. The molecule has 2 aromatic rings. The zero-order valence-corrected chi connectivity index (χ0v) is 16.2. The van der Waals surface area contributed by atoms with Crippen LogP contribution < -0.4 is 0 Å². The van der Waals surface area contributed by atoms with Crippen molar-refractivity contribution in [3.63, 3.8) is 0 Å². The first-order valence-corrected chi connectivity index (χ1v) is 10.3. The predicted octanol–water partition coefficient (Wildman–Crippen LogP) is 4.81. The number of nitrogens with zero attached hydrogens (tertiary/aromatic N) is 2. The number of phenols is 1. The van der Waals surface area contributed by atoms with Gasteiger partial charge in [-0.3, -0.25) is 4.68 Å². The van der Waals surface area contributed by atoms with Crippen LogP contribution >= 0.6 is 0 Å². The van der Waals surface area contributed by atoms with Crippen molar-refractivity contribution < 1.29 is 5.11 Å². The van der Waals surface area contributed by atoms with E-state index in [9.17, 15) is 5.11 Å². The Kier molecular flexibility index (Phi) is 3.54. The molecule has 4 atom stereocenters. The molecule has 3 aliphatic carbocycles. The van der Waals surface area contributed by atoms with Crippen LogP contribution in [0.25, 0.3) is 0 Å². The summed E-state index contributed by atoms with van der Waals surface area (Å²) >= 11 is 0. The van der Waals surface area contributed by atoms with Crippen molar-refractivity contribution in [2.75, 3.05) is 0 Å². The maximum atomic E-state index is 9.86. The van der Waals surface area contributed by atoms with Crippen LogP contribution in [0.15, 0.2) is 24.4 Å². The molecule has 0 unspecified atom stereocenters. The second-order valence-corrected chi connectivity index (χ2v) is 9.55. The summed E-state index contributed by atoms with van der Waals surface area (Å²) in [4.78, 5) is 0. The van der Waals surface area contributed by atoms with Crippen molar-refractivity contribution in [1.82, 2.24) is 9.78 Å². The van der Waals surface area contributed by atoms with Gasteiger partial charge in [0.1, 0.15) is 5.75 Å². The van der Waals surface area contributed by atoms with Crippen LogP contribution in [0.4, 0.5) is 0 Å². The third-order valence-corrected chi connectivity index (χ3v) is 7.53. The van der Waals surface area contributed by atoms with Crippen molar-refractivity contribution in [3.05, 3.63) is 46.8 Å². The Labute approximate surface area is 156 Å². The molecule has 1 fully saturated rings. The van der Waals surface area contributed by atoms with Gasteiger partial charge in [-0.25, -0.2) is 0 Å². The smallest absolute Gasteiger partial charge is 0.115 e. The Morgan fingerprint density at radius 1 is 1.27 bits per heavy atom. The molecule has 1 aromatic carbocycles. The van der Waals surface area contributed by atoms with Gasteiger partial charge < -0.3 is 5.11 Å². The largest absolute Gasteiger partial charge is 0.508 e. The Hall–Kier alpha value is -1.77. The molecular formula is C23H30N2O. The van der Waals surface area contributed by atoms with E-state index in [4.69, 9.17) is 5.10 Å². The molecular weight excluding hydrogens is 320 g/mol. The summed E-state index contributed by atoms with van der Waals surface area (Å²) in [6.45, 7) is 8.12. The fraction of sp³-hybridized carbons (Fsp3) is 0.609. The van der Waals surface area contributed by atoms with E-state index in [1.165, 1.54) is 42.4 Å². The number of aromatic nitrogens is 2. The van der Waals surface area contributed by atoms with Crippen LogP contribution in [0.5, 0.6) is 5.75 Å². The van der Waals surface area contributed by atoms with Gasteiger partial charge in [0.05, 0.1) is 6.20 Å². The van der Waals surface area contributed by atoms with Gasteiger partial charge in [-0.2, -0.15) is 5.10 Å². The lowest BCUT2D eigenvalue weighted by molar-refractivity contribution is 0.0992. The number of fused-ring (bicyclic) bond motifs is 7. The minimum atomic E-state index is 0.288. The average Bonchev–Trinajstić information content (AvgIpc) is 3.12. The van der Waals surface area contributed by atoms with Gasteiger partial charge >= 0.3 is 0 Å². The highest BCUT2D eigenvalue weighted by atomic mass is 16.3. The van der Waals surface area contributed by atoms with E-state index >= 15 is 0 Å². The van der Waals surface area contributed by atoms with Crippen LogP contribution in [-0.4, -0.2) is 14.9 Å². The molecule has 3 nitrogen and oxygen atoms in total. The summed E-state index contributed by atoms with van der Waals surface area (Å²) < 4.78 is 2.33. The summed E-state index contributed by atoms with van der Waals surface area (Å²) in [5.41, 5.74) is 6.25. The molecule has 0 saturated heterocycles. The quantitative estimate of drug-likeness (QED) is 0.843. The first kappa shape index (κ1) is 16.4. The standard InChI is InChI=1S/C23H30N2O/c1-14(2)13-25-22-16(12-24-25)11-21-20-6-4-15-10-17(26)5-7-18(15)19(20)8-9-23(21,22)3/h5,7,10,12,14,19-21,26H,4,6,8-9,11,13H2,1-3H3/t19-,20-,21+,23+/m1/s1. The van der Waals surface area contributed by atoms with Crippen molar-refractivity contribution in [1.29, 1.82) is 0 Å². The first-order valence-electron chi connectivity index (χ1n) is 10.3. The SMILES string of the molecule is CC(C)Cn1ncc2c1[C@@]1(C)CC[C@@H]3c4ccc(O)cc4CC[C@H]3[C@@H]1C2. The van der Waals surface area contributed by atoms with Crippen LogP contribution in [0.2, 0.25) is 0 Å². The Balaban J connectivity index is 1.51. The van der Waals surface area contributed by atoms with Gasteiger partial charge in [0.2, 0.25) is 0 Å². The maximum Gasteiger partial charge on any atom is 0.115 e. The number of phenolic OH excluding ortho intramolecular Hbond substituents is 1. The van der Waals surface area contributed by atoms with E-state index in [1.807, 2.05) is 12.1 Å². The molecule has 1 saturated carbocycles. The van der Waals surface area contributed by atoms with E-state index in [0.717, 1.165) is 24.8 Å². The average molecular weight is 351 g/mol. The van der Waals surface area contributed by atoms with Crippen molar-refractivity contribution in [3.8, 4) is 5.75 Å². The highest BCUT2D eigenvalue weighted by molar-refractivity contribution is 5.43. The highest BCUT2D eigenvalue weighted by Crippen LogP contribution is 2.60. The van der Waals surface area contributed by atoms with Crippen molar-refractivity contribution in [2.24, 2.45) is 17.8 Å². The summed E-state index contributed by atoms with van der Waals surface area (Å²) in [7, 11) is 0. The topological polar surface area (TPSA) is 38.0 Å². The monoisotopic (exact) mass is 350 g/mol. The summed E-state index contributed by atoms with van der Waals surface area (Å²) in [6.07, 6.45) is 8.27. The van der Waals surface area contributed by atoms with Crippen molar-refractivity contribution in [2.45, 2.75) is 70.8 Å². The Bertz CT molecular complexity index is 852. The molecule has 0 aliphatic heterocycles. The first-order chi connectivity index (χ1) is 12.5. The van der Waals surface area contributed by atoms with Crippen molar-refractivity contribution >= 4 is 0 Å². The third kappa shape index (κ3) is 2.22. The van der Waals surface area contributed by atoms with Crippen LogP contribution in [0.1, 0.15) is 68.3 Å². The second-order valence-electron chi connectivity index (χ2n) is 9.55. The van der Waals surface area contributed by atoms with E-state index in [0.29, 0.717) is 17.6 Å². The van der Waals surface area contributed by atoms with E-state index in [1.54, 1.807) is 5.69 Å². The van der Waals surface area contributed by atoms with Gasteiger partial charge in [0.25, 0.3) is 0 Å². The van der Waals surface area contributed by atoms with Gasteiger partial charge in [-0.1, -0.05) is 26.8 Å². The second kappa shape index (κ2) is 5.61. The van der Waals surface area contributed by atoms with E-state index in [-0.39, 0.29) is 5.41 Å². The molecule has 0 radical (unpaired) electrons. The molecule has 3 heteroatoms. The maximum absolute atomic E-state index is 9.86. The lowest BCUT2D eigenvalue weighted by Gasteiger charge is -2.49. The molecule has 0 amide bonds. The zero-order valence-electron chi connectivity index (χ0n) is 16.2. The third-order valence-electron chi connectivity index (χ3n) is 7.53. The van der Waals surface area contributed by atoms with Gasteiger partial charge in [-0.15, -0.1) is 0 Å². The Morgan fingerprint density at radius 3 is 2.92 bits per heavy atom. The van der Waals surface area contributed by atoms with Crippen LogP contribution in [-0.2, 0) is 24.8 Å². The summed E-state index contributed by atoms with van der Waals surface area (Å²) in [6, 6.07) is 6.09. The molecule has 26 heavy (non-hydrogen) atoms. The van der Waals surface area contributed by atoms with Crippen LogP contribution in [0, 0.1) is 17.8 Å². The molecule has 3 aliphatic rings. The minimum absolute atomic E-state index is 0.288. The van der Waals surface area contributed by atoms with Gasteiger partial charge in [-0.05, 0) is 84.6 Å². The van der Waals surface area contributed by atoms with Gasteiger partial charge in [0.15, 0.2) is 0 Å². The number of benzene rings is 1. The van der Waals surface area contributed by atoms with E-state index < -0.39 is 0 Å². The molecule has 0 bridgehead atoms. The van der Waals surface area contributed by atoms with E-state index in [2.05, 4.69) is 37.7 Å². The fourth-order valence-corrected chi connectivity index (χ4v) is 6.52. The van der Waals surface area contributed by atoms with Crippen LogP contribution in [0.3, 0.4) is 0 Å². The summed E-state index contributed by atoms with van der Waals surface area (Å²) in [5.74, 6) is 3.24. The Morgan fingerprint density at radius 2 is 2.12 bits per heavy atom. The lowest BCUT2D eigenvalue weighted by Crippen LogP contribution is -2.44. The normalized spacial score (nSPS) is 32.1. The van der Waals surface area contributed by atoms with Gasteiger partial charge in [0, 0.05) is 17.7 Å². The number of hydrogen-bond acceptors (Lipinski definition) is 2.